The topological polar surface area (TPSA) is 96.8 Å². The summed E-state index contributed by atoms with van der Waals surface area (Å²) in [6, 6.07) is 11.2. The molecule has 2 rings (SSSR count). The highest BCUT2D eigenvalue weighted by molar-refractivity contribution is 7.34. The molecule has 0 amide bonds. The maximum Gasteiger partial charge on any atom is 0.805 e. The number of nitrogens with two attached hydrogens (primary N) is 2. The standard InChI is InChI=1S/C13H14N2O4P/c1-17-13-8-10(15)4-7-12(13)19-20(16)18-11-5-2-9(14)3-6-11/h2-8H,14-15H2,1H3/q+1. The number of hydrogen-bond acceptors (Lipinski definition) is 6. The van der Waals surface area contributed by atoms with E-state index in [2.05, 4.69) is 0 Å². The molecule has 0 saturated carbocycles. The minimum absolute atomic E-state index is 0.290. The monoisotopic (exact) mass is 293 g/mol. The van der Waals surface area contributed by atoms with Crippen molar-refractivity contribution in [2.45, 2.75) is 0 Å². The molecule has 2 aromatic carbocycles. The van der Waals surface area contributed by atoms with E-state index in [1.807, 2.05) is 0 Å². The van der Waals surface area contributed by atoms with Gasteiger partial charge in [0.05, 0.1) is 7.11 Å². The van der Waals surface area contributed by atoms with Crippen LogP contribution in [0.1, 0.15) is 0 Å². The highest BCUT2D eigenvalue weighted by atomic mass is 31.1. The highest BCUT2D eigenvalue weighted by Crippen LogP contribution is 2.37. The molecular formula is C13H14N2O4P+. The summed E-state index contributed by atoms with van der Waals surface area (Å²) in [7, 11) is -0.918. The molecule has 20 heavy (non-hydrogen) atoms. The van der Waals surface area contributed by atoms with Gasteiger partial charge in [-0.3, -0.25) is 0 Å². The van der Waals surface area contributed by atoms with Crippen molar-refractivity contribution in [2.75, 3.05) is 18.6 Å². The predicted molar refractivity (Wildman–Crippen MR) is 77.1 cm³/mol. The lowest BCUT2D eigenvalue weighted by Crippen LogP contribution is -1.94. The fraction of sp³-hybridized carbons (Fsp3) is 0.0769. The maximum atomic E-state index is 11.8. The molecule has 104 valence electrons. The zero-order chi connectivity index (χ0) is 14.5. The lowest BCUT2D eigenvalue weighted by Gasteiger charge is -2.03. The Morgan fingerprint density at radius 2 is 1.55 bits per heavy atom. The second-order valence-electron chi connectivity index (χ2n) is 3.89. The molecule has 1 atom stereocenters. The van der Waals surface area contributed by atoms with Gasteiger partial charge in [-0.25, -0.2) is 9.05 Å². The molecule has 0 radical (unpaired) electrons. The largest absolute Gasteiger partial charge is 0.805 e. The van der Waals surface area contributed by atoms with Crippen molar-refractivity contribution in [2.24, 2.45) is 0 Å². The Balaban J connectivity index is 2.06. The van der Waals surface area contributed by atoms with E-state index in [1.54, 1.807) is 42.5 Å². The Hall–Kier alpha value is -2.46. The van der Waals surface area contributed by atoms with Crippen LogP contribution in [0.15, 0.2) is 42.5 Å². The predicted octanol–water partition coefficient (Wildman–Crippen LogP) is 2.97. The van der Waals surface area contributed by atoms with Crippen molar-refractivity contribution in [1.29, 1.82) is 0 Å². The number of rotatable bonds is 5. The third-order valence-corrected chi connectivity index (χ3v) is 3.13. The first-order valence-corrected chi connectivity index (χ1v) is 6.80. The van der Waals surface area contributed by atoms with E-state index < -0.39 is 8.25 Å². The third-order valence-electron chi connectivity index (χ3n) is 2.42. The van der Waals surface area contributed by atoms with Gasteiger partial charge in [0, 0.05) is 22.0 Å². The van der Waals surface area contributed by atoms with Crippen LogP contribution in [0.2, 0.25) is 0 Å². The summed E-state index contributed by atoms with van der Waals surface area (Å²) in [6.45, 7) is 0. The van der Waals surface area contributed by atoms with Gasteiger partial charge in [-0.1, -0.05) is 0 Å². The minimum atomic E-state index is -2.39. The van der Waals surface area contributed by atoms with E-state index in [0.717, 1.165) is 0 Å². The molecule has 0 aromatic heterocycles. The van der Waals surface area contributed by atoms with Crippen molar-refractivity contribution in [3.05, 3.63) is 42.5 Å². The SMILES string of the molecule is COc1cc(N)ccc1O[P+](=O)Oc1ccc(N)cc1. The van der Waals surface area contributed by atoms with Gasteiger partial charge in [0.1, 0.15) is 0 Å². The first-order chi connectivity index (χ1) is 9.58. The van der Waals surface area contributed by atoms with Crippen molar-refractivity contribution in [3.8, 4) is 17.2 Å². The van der Waals surface area contributed by atoms with E-state index in [4.69, 9.17) is 25.3 Å². The summed E-state index contributed by atoms with van der Waals surface area (Å²) in [5.41, 5.74) is 12.3. The molecule has 0 saturated heterocycles. The first-order valence-electron chi connectivity index (χ1n) is 5.71. The fourth-order valence-corrected chi connectivity index (χ4v) is 2.12. The molecule has 1 unspecified atom stereocenters. The van der Waals surface area contributed by atoms with Gasteiger partial charge in [-0.05, 0) is 36.4 Å². The Morgan fingerprint density at radius 3 is 2.20 bits per heavy atom. The van der Waals surface area contributed by atoms with Crippen LogP contribution < -0.4 is 25.3 Å². The van der Waals surface area contributed by atoms with Gasteiger partial charge in [-0.2, -0.15) is 0 Å². The molecule has 0 bridgehead atoms. The third kappa shape index (κ3) is 3.52. The molecule has 7 heteroatoms. The number of hydrogen-bond donors (Lipinski definition) is 2. The molecule has 0 heterocycles. The normalized spacial score (nSPS) is 10.8. The molecule has 4 N–H and O–H groups in total. The second kappa shape index (κ2) is 6.12. The van der Waals surface area contributed by atoms with Gasteiger partial charge in [-0.15, -0.1) is 0 Å². The second-order valence-corrected chi connectivity index (χ2v) is 4.70. The average Bonchev–Trinajstić information content (AvgIpc) is 2.43. The molecule has 0 aliphatic heterocycles. The summed E-state index contributed by atoms with van der Waals surface area (Å²) in [5, 5.41) is 0. The van der Waals surface area contributed by atoms with Gasteiger partial charge in [0.25, 0.3) is 0 Å². The van der Waals surface area contributed by atoms with Crippen LogP contribution in [0.3, 0.4) is 0 Å². The van der Waals surface area contributed by atoms with Gasteiger partial charge in [0.15, 0.2) is 11.5 Å². The van der Waals surface area contributed by atoms with Gasteiger partial charge in [0.2, 0.25) is 5.75 Å². The number of methoxy groups -OCH3 is 1. The van der Waals surface area contributed by atoms with Crippen LogP contribution in [0, 0.1) is 0 Å². The molecule has 6 nitrogen and oxygen atoms in total. The molecule has 2 aromatic rings. The van der Waals surface area contributed by atoms with Crippen LogP contribution in [-0.2, 0) is 4.57 Å². The average molecular weight is 293 g/mol. The number of ether oxygens (including phenoxy) is 1. The van der Waals surface area contributed by atoms with E-state index in [9.17, 15) is 4.57 Å². The van der Waals surface area contributed by atoms with Gasteiger partial charge >= 0.3 is 8.25 Å². The van der Waals surface area contributed by atoms with Crippen LogP contribution in [0.4, 0.5) is 11.4 Å². The van der Waals surface area contributed by atoms with Crippen LogP contribution in [0.5, 0.6) is 17.2 Å². The van der Waals surface area contributed by atoms with Crippen LogP contribution >= 0.6 is 8.25 Å². The molecular weight excluding hydrogens is 279 g/mol. The number of anilines is 2. The molecule has 0 fully saturated rings. The summed E-state index contributed by atoms with van der Waals surface area (Å²) in [4.78, 5) is 0. The summed E-state index contributed by atoms with van der Waals surface area (Å²) < 4.78 is 27.2. The lowest BCUT2D eigenvalue weighted by atomic mass is 10.3. The van der Waals surface area contributed by atoms with Crippen molar-refractivity contribution in [3.63, 3.8) is 0 Å². The van der Waals surface area contributed by atoms with Crippen molar-refractivity contribution < 1.29 is 18.3 Å². The zero-order valence-electron chi connectivity index (χ0n) is 10.8. The summed E-state index contributed by atoms with van der Waals surface area (Å²) >= 11 is 0. The quantitative estimate of drug-likeness (QED) is 0.649. The Morgan fingerprint density at radius 1 is 0.900 bits per heavy atom. The summed E-state index contributed by atoms with van der Waals surface area (Å²) in [5.74, 6) is 1.07. The van der Waals surface area contributed by atoms with E-state index in [-0.39, 0.29) is 0 Å². The first kappa shape index (κ1) is 14.0. The maximum absolute atomic E-state index is 11.8. The molecule has 0 aliphatic carbocycles. The van der Waals surface area contributed by atoms with Gasteiger partial charge < -0.3 is 16.2 Å². The minimum Gasteiger partial charge on any atom is -0.493 e. The van der Waals surface area contributed by atoms with E-state index in [0.29, 0.717) is 28.6 Å². The highest BCUT2D eigenvalue weighted by Gasteiger charge is 2.26. The Labute approximate surface area is 117 Å². The Kier molecular flexibility index (Phi) is 4.27. The summed E-state index contributed by atoms with van der Waals surface area (Å²) in [6.07, 6.45) is 0. The number of benzene rings is 2. The molecule has 0 aliphatic rings. The van der Waals surface area contributed by atoms with Crippen LogP contribution in [-0.4, -0.2) is 7.11 Å². The van der Waals surface area contributed by atoms with Crippen molar-refractivity contribution >= 4 is 19.6 Å². The lowest BCUT2D eigenvalue weighted by molar-refractivity contribution is 0.375. The van der Waals surface area contributed by atoms with E-state index in [1.165, 1.54) is 7.11 Å². The zero-order valence-corrected chi connectivity index (χ0v) is 11.7. The van der Waals surface area contributed by atoms with E-state index >= 15 is 0 Å². The fourth-order valence-electron chi connectivity index (χ4n) is 1.47. The van der Waals surface area contributed by atoms with Crippen LogP contribution in [0.25, 0.3) is 0 Å². The number of nitrogen functional groups attached to an aromatic ring is 2. The smallest absolute Gasteiger partial charge is 0.493 e. The van der Waals surface area contributed by atoms with Crippen molar-refractivity contribution in [1.82, 2.24) is 0 Å². The Bertz CT molecular complexity index is 616. The molecule has 0 spiro atoms.